The van der Waals surface area contributed by atoms with E-state index in [-0.39, 0.29) is 11.8 Å². The van der Waals surface area contributed by atoms with E-state index in [0.717, 1.165) is 22.6 Å². The maximum absolute atomic E-state index is 10.8. The molecule has 0 unspecified atom stereocenters. The zero-order valence-corrected chi connectivity index (χ0v) is 11.7. The summed E-state index contributed by atoms with van der Waals surface area (Å²) in [6, 6.07) is 3.97. The fraction of sp³-hybridized carbons (Fsp3) is 0.533. The Morgan fingerprint density at radius 2 is 1.84 bits per heavy atom. The molecule has 0 radical (unpaired) electrons. The smallest absolute Gasteiger partial charge is 0.303 e. The number of aliphatic carboxylic acids is 1. The Labute approximate surface area is 113 Å². The van der Waals surface area contributed by atoms with Gasteiger partial charge in [-0.3, -0.25) is 4.79 Å². The summed E-state index contributed by atoms with van der Waals surface area (Å²) in [5.74, 6) is 0.778. The highest BCUT2D eigenvalue weighted by atomic mass is 16.6. The Bertz CT molecular complexity index is 491. The van der Waals surface area contributed by atoms with Gasteiger partial charge in [0.15, 0.2) is 11.5 Å². The summed E-state index contributed by atoms with van der Waals surface area (Å²) in [4.78, 5) is 10.8. The largest absolute Gasteiger partial charge is 0.486 e. The second kappa shape index (κ2) is 5.11. The van der Waals surface area contributed by atoms with Gasteiger partial charge in [0, 0.05) is 6.42 Å². The second-order valence-corrected chi connectivity index (χ2v) is 5.59. The quantitative estimate of drug-likeness (QED) is 0.908. The first-order valence-corrected chi connectivity index (χ1v) is 6.53. The number of fused-ring (bicyclic) bond motifs is 1. The van der Waals surface area contributed by atoms with Crippen LogP contribution in [0.3, 0.4) is 0 Å². The molecule has 0 saturated heterocycles. The molecule has 0 bridgehead atoms. The highest BCUT2D eigenvalue weighted by Gasteiger charge is 2.26. The van der Waals surface area contributed by atoms with Gasteiger partial charge in [-0.2, -0.15) is 0 Å². The molecule has 0 saturated carbocycles. The summed E-state index contributed by atoms with van der Waals surface area (Å²) in [5.41, 5.74) is 2.04. The Morgan fingerprint density at radius 1 is 1.26 bits per heavy atom. The number of carbonyl (C=O) groups is 1. The third kappa shape index (κ3) is 3.00. The first kappa shape index (κ1) is 13.7. The van der Waals surface area contributed by atoms with Crippen molar-refractivity contribution in [2.75, 3.05) is 13.2 Å². The minimum atomic E-state index is -0.761. The van der Waals surface area contributed by atoms with Crippen LogP contribution < -0.4 is 9.47 Å². The number of carboxylic acid groups (broad SMARTS) is 1. The average molecular weight is 264 g/mol. The predicted molar refractivity (Wildman–Crippen MR) is 72.1 cm³/mol. The summed E-state index contributed by atoms with van der Waals surface area (Å²) in [7, 11) is 0. The highest BCUT2D eigenvalue weighted by Crippen LogP contribution is 2.39. The lowest BCUT2D eigenvalue weighted by atomic mass is 9.78. The van der Waals surface area contributed by atoms with Crippen molar-refractivity contribution in [3.05, 3.63) is 23.3 Å². The molecule has 1 aromatic carbocycles. The van der Waals surface area contributed by atoms with Crippen LogP contribution in [0, 0.1) is 6.92 Å². The van der Waals surface area contributed by atoms with Gasteiger partial charge in [-0.05, 0) is 42.0 Å². The lowest BCUT2D eigenvalue weighted by molar-refractivity contribution is -0.137. The van der Waals surface area contributed by atoms with Gasteiger partial charge in [-0.15, -0.1) is 0 Å². The number of aryl methyl sites for hydroxylation is 1. The SMILES string of the molecule is Cc1cc2c(cc1C(C)(C)CCC(=O)O)OCCO2. The topological polar surface area (TPSA) is 55.8 Å². The summed E-state index contributed by atoms with van der Waals surface area (Å²) in [5, 5.41) is 8.84. The second-order valence-electron chi connectivity index (χ2n) is 5.59. The molecule has 1 heterocycles. The molecule has 1 aliphatic rings. The first-order chi connectivity index (χ1) is 8.90. The van der Waals surface area contributed by atoms with Crippen LogP contribution in [0.2, 0.25) is 0 Å². The predicted octanol–water partition coefficient (Wildman–Crippen LogP) is 2.91. The number of hydrogen-bond donors (Lipinski definition) is 1. The summed E-state index contributed by atoms with van der Waals surface area (Å²) in [6.07, 6.45) is 0.768. The number of benzene rings is 1. The van der Waals surface area contributed by atoms with Crippen molar-refractivity contribution in [3.8, 4) is 11.5 Å². The maximum atomic E-state index is 10.8. The van der Waals surface area contributed by atoms with Gasteiger partial charge in [0.1, 0.15) is 13.2 Å². The molecule has 0 atom stereocenters. The van der Waals surface area contributed by atoms with Crippen LogP contribution in [-0.4, -0.2) is 24.3 Å². The minimum Gasteiger partial charge on any atom is -0.486 e. The van der Waals surface area contributed by atoms with Gasteiger partial charge in [0.05, 0.1) is 0 Å². The van der Waals surface area contributed by atoms with E-state index >= 15 is 0 Å². The highest BCUT2D eigenvalue weighted by molar-refractivity contribution is 5.67. The lowest BCUT2D eigenvalue weighted by Gasteiger charge is -2.29. The van der Waals surface area contributed by atoms with Gasteiger partial charge in [-0.25, -0.2) is 0 Å². The van der Waals surface area contributed by atoms with Crippen molar-refractivity contribution >= 4 is 5.97 Å². The number of hydrogen-bond acceptors (Lipinski definition) is 3. The van der Waals surface area contributed by atoms with Gasteiger partial charge in [-0.1, -0.05) is 13.8 Å². The monoisotopic (exact) mass is 264 g/mol. The molecule has 104 valence electrons. The van der Waals surface area contributed by atoms with Crippen molar-refractivity contribution in [1.29, 1.82) is 0 Å². The van der Waals surface area contributed by atoms with Crippen molar-refractivity contribution in [2.24, 2.45) is 0 Å². The molecule has 0 aromatic heterocycles. The average Bonchev–Trinajstić information content (AvgIpc) is 2.35. The number of ether oxygens (including phenoxy) is 2. The molecule has 0 aliphatic carbocycles. The van der Waals surface area contributed by atoms with Crippen LogP contribution in [0.15, 0.2) is 12.1 Å². The third-order valence-corrected chi connectivity index (χ3v) is 3.58. The zero-order chi connectivity index (χ0) is 14.0. The molecule has 4 heteroatoms. The van der Waals surface area contributed by atoms with Crippen LogP contribution in [0.5, 0.6) is 11.5 Å². The van der Waals surface area contributed by atoms with Gasteiger partial charge >= 0.3 is 5.97 Å². The van der Waals surface area contributed by atoms with E-state index in [0.29, 0.717) is 19.6 Å². The first-order valence-electron chi connectivity index (χ1n) is 6.53. The lowest BCUT2D eigenvalue weighted by Crippen LogP contribution is -2.22. The number of rotatable bonds is 4. The zero-order valence-electron chi connectivity index (χ0n) is 11.7. The molecular weight excluding hydrogens is 244 g/mol. The Morgan fingerprint density at radius 3 is 2.42 bits per heavy atom. The van der Waals surface area contributed by atoms with E-state index in [4.69, 9.17) is 14.6 Å². The molecule has 0 fully saturated rings. The van der Waals surface area contributed by atoms with E-state index in [9.17, 15) is 4.79 Å². The van der Waals surface area contributed by atoms with Gasteiger partial charge < -0.3 is 14.6 Å². The molecule has 1 aliphatic heterocycles. The molecule has 0 spiro atoms. The van der Waals surface area contributed by atoms with Crippen LogP contribution in [0.25, 0.3) is 0 Å². The van der Waals surface area contributed by atoms with Crippen molar-refractivity contribution in [1.82, 2.24) is 0 Å². The fourth-order valence-corrected chi connectivity index (χ4v) is 2.47. The molecule has 2 rings (SSSR count). The number of carboxylic acids is 1. The van der Waals surface area contributed by atoms with Crippen LogP contribution in [0.4, 0.5) is 0 Å². The van der Waals surface area contributed by atoms with Crippen LogP contribution in [0.1, 0.15) is 37.8 Å². The summed E-state index contributed by atoms with van der Waals surface area (Å²) < 4.78 is 11.1. The van der Waals surface area contributed by atoms with Crippen molar-refractivity contribution in [3.63, 3.8) is 0 Å². The Hall–Kier alpha value is -1.71. The van der Waals surface area contributed by atoms with Crippen molar-refractivity contribution in [2.45, 2.75) is 39.0 Å². The maximum Gasteiger partial charge on any atom is 0.303 e. The van der Waals surface area contributed by atoms with Crippen LogP contribution in [-0.2, 0) is 10.2 Å². The van der Waals surface area contributed by atoms with E-state index < -0.39 is 5.97 Å². The van der Waals surface area contributed by atoms with Crippen molar-refractivity contribution < 1.29 is 19.4 Å². The Kier molecular flexibility index (Phi) is 3.69. The summed E-state index contributed by atoms with van der Waals surface area (Å²) in [6.45, 7) is 7.29. The summed E-state index contributed by atoms with van der Waals surface area (Å²) >= 11 is 0. The molecule has 4 nitrogen and oxygen atoms in total. The van der Waals surface area contributed by atoms with Crippen LogP contribution >= 0.6 is 0 Å². The van der Waals surface area contributed by atoms with E-state index in [1.165, 1.54) is 0 Å². The minimum absolute atomic E-state index is 0.168. The molecule has 1 N–H and O–H groups in total. The molecule has 0 amide bonds. The van der Waals surface area contributed by atoms with Gasteiger partial charge in [0.2, 0.25) is 0 Å². The van der Waals surface area contributed by atoms with E-state index in [1.54, 1.807) is 0 Å². The normalized spacial score (nSPS) is 14.3. The molecule has 1 aromatic rings. The molecular formula is C15H20O4. The Balaban J connectivity index is 2.30. The fourth-order valence-electron chi connectivity index (χ4n) is 2.47. The standard InChI is InChI=1S/C15H20O4/c1-10-8-12-13(19-7-6-18-12)9-11(10)15(2,3)5-4-14(16)17/h8-9H,4-7H2,1-3H3,(H,16,17). The molecule has 19 heavy (non-hydrogen) atoms. The van der Waals surface area contributed by atoms with E-state index in [1.807, 2.05) is 19.1 Å². The third-order valence-electron chi connectivity index (χ3n) is 3.58. The van der Waals surface area contributed by atoms with Gasteiger partial charge in [0.25, 0.3) is 0 Å². The van der Waals surface area contributed by atoms with E-state index in [2.05, 4.69) is 13.8 Å².